The largest absolute Gasteiger partial charge is 0.394 e. The third kappa shape index (κ3) is 69.3. The van der Waals surface area contributed by atoms with Crippen LogP contribution in [0.5, 0.6) is 0 Å². The molecule has 480 valence electrons. The number of carbonyl (C=O) groups excluding carboxylic acids is 1. The van der Waals surface area contributed by atoms with Crippen molar-refractivity contribution in [2.24, 2.45) is 0 Å². The van der Waals surface area contributed by atoms with Crippen LogP contribution in [0.25, 0.3) is 0 Å². The maximum absolute atomic E-state index is 12.5. The second-order valence-electron chi connectivity index (χ2n) is 26.1. The third-order valence-corrected chi connectivity index (χ3v) is 17.9. The molecule has 0 saturated carbocycles. The molecule has 0 heterocycles. The summed E-state index contributed by atoms with van der Waals surface area (Å²) >= 11 is 0. The fraction of sp³-hybridized carbons (Fsp3) is 0.909. The van der Waals surface area contributed by atoms with Crippen LogP contribution >= 0.6 is 0 Å². The van der Waals surface area contributed by atoms with Crippen molar-refractivity contribution in [2.45, 2.75) is 443 Å². The number of hydrogen-bond acceptors (Lipinski definition) is 3. The lowest BCUT2D eigenvalue weighted by atomic mass is 10.0. The van der Waals surface area contributed by atoms with Crippen molar-refractivity contribution in [1.29, 1.82) is 0 Å². The Morgan fingerprint density at radius 1 is 0.284 bits per heavy atom. The van der Waals surface area contributed by atoms with Crippen LogP contribution in [0.2, 0.25) is 0 Å². The van der Waals surface area contributed by atoms with E-state index in [1.165, 1.54) is 372 Å². The van der Waals surface area contributed by atoms with Gasteiger partial charge in [0.2, 0.25) is 5.91 Å². The van der Waals surface area contributed by atoms with Crippen molar-refractivity contribution in [3.63, 3.8) is 0 Å². The van der Waals surface area contributed by atoms with Crippen LogP contribution in [-0.4, -0.2) is 34.9 Å². The fourth-order valence-corrected chi connectivity index (χ4v) is 12.2. The monoisotopic (exact) mass is 1140 g/mol. The summed E-state index contributed by atoms with van der Waals surface area (Å²) < 4.78 is 0. The van der Waals surface area contributed by atoms with Crippen molar-refractivity contribution < 1.29 is 15.0 Å². The number of hydrogen-bond donors (Lipinski definition) is 3. The maximum atomic E-state index is 12.5. The molecule has 2 unspecified atom stereocenters. The zero-order valence-corrected chi connectivity index (χ0v) is 55.6. The van der Waals surface area contributed by atoms with Crippen molar-refractivity contribution in [1.82, 2.24) is 5.32 Å². The van der Waals surface area contributed by atoms with Crippen molar-refractivity contribution in [3.05, 3.63) is 36.5 Å². The lowest BCUT2D eigenvalue weighted by Crippen LogP contribution is -2.45. The second-order valence-corrected chi connectivity index (χ2v) is 26.1. The van der Waals surface area contributed by atoms with Gasteiger partial charge in [0.25, 0.3) is 0 Å². The number of allylic oxidation sites excluding steroid dienone is 5. The topological polar surface area (TPSA) is 69.6 Å². The minimum absolute atomic E-state index is 0.0687. The van der Waals surface area contributed by atoms with Crippen LogP contribution in [0.3, 0.4) is 0 Å². The molecule has 0 saturated heterocycles. The summed E-state index contributed by atoms with van der Waals surface area (Å²) in [5.74, 6) is -0.0687. The van der Waals surface area contributed by atoms with Gasteiger partial charge in [0, 0.05) is 6.42 Å². The summed E-state index contributed by atoms with van der Waals surface area (Å²) in [6.07, 6.45) is 101. The standard InChI is InChI=1S/C77H149NO3/c1-3-5-7-9-11-13-15-17-19-21-23-25-27-29-31-33-35-36-37-38-39-40-41-43-45-47-49-51-53-55-57-59-61-63-65-67-69-71-73-77(81)78-75(74-79)76(80)72-70-68-66-64-62-60-58-56-54-52-50-48-46-44-42-34-32-30-28-26-24-22-20-18-16-14-12-10-8-6-4-2/h54,56,62,64,70,72,75-76,79-80H,3-53,55,57-61,63,65-69,71,73-74H2,1-2H3,(H,78,81)/b56-54+,64-62+,72-70+. The molecule has 2 atom stereocenters. The van der Waals surface area contributed by atoms with E-state index in [1.54, 1.807) is 6.08 Å². The summed E-state index contributed by atoms with van der Waals surface area (Å²) in [4.78, 5) is 12.5. The Morgan fingerprint density at radius 3 is 0.716 bits per heavy atom. The average molecular weight is 1140 g/mol. The molecular formula is C77H149NO3. The number of amides is 1. The summed E-state index contributed by atoms with van der Waals surface area (Å²) in [6, 6.07) is -0.646. The molecule has 3 N–H and O–H groups in total. The van der Waals surface area contributed by atoms with Gasteiger partial charge in [-0.2, -0.15) is 0 Å². The first kappa shape index (κ1) is 79.6. The van der Waals surface area contributed by atoms with E-state index in [1.807, 2.05) is 6.08 Å². The first-order valence-electron chi connectivity index (χ1n) is 37.7. The number of nitrogens with one attached hydrogen (secondary N) is 1. The lowest BCUT2D eigenvalue weighted by molar-refractivity contribution is -0.123. The molecule has 0 bridgehead atoms. The Bertz CT molecular complexity index is 1240. The Morgan fingerprint density at radius 2 is 0.481 bits per heavy atom. The quantitative estimate of drug-likeness (QED) is 0.0420. The summed E-state index contributed by atoms with van der Waals surface area (Å²) in [6.45, 7) is 4.35. The first-order valence-corrected chi connectivity index (χ1v) is 37.7. The van der Waals surface area contributed by atoms with Crippen LogP contribution in [0.1, 0.15) is 431 Å². The highest BCUT2D eigenvalue weighted by Crippen LogP contribution is 2.20. The van der Waals surface area contributed by atoms with Gasteiger partial charge in [-0.1, -0.05) is 416 Å². The van der Waals surface area contributed by atoms with Gasteiger partial charge in [-0.05, 0) is 44.9 Å². The Kier molecular flexibility index (Phi) is 71.6. The molecule has 0 aliphatic heterocycles. The Hall–Kier alpha value is -1.39. The van der Waals surface area contributed by atoms with Crippen LogP contribution in [-0.2, 0) is 4.79 Å². The number of carbonyl (C=O) groups is 1. The highest BCUT2D eigenvalue weighted by atomic mass is 16.3. The average Bonchev–Trinajstić information content (AvgIpc) is 3.47. The molecule has 0 aliphatic rings. The Balaban J connectivity index is 3.43. The van der Waals surface area contributed by atoms with Gasteiger partial charge >= 0.3 is 0 Å². The van der Waals surface area contributed by atoms with Crippen LogP contribution < -0.4 is 5.32 Å². The summed E-state index contributed by atoms with van der Waals surface area (Å²) in [5, 5.41) is 23.3. The maximum Gasteiger partial charge on any atom is 0.220 e. The molecule has 0 aromatic heterocycles. The summed E-state index contributed by atoms with van der Waals surface area (Å²) in [5.41, 5.74) is 0. The van der Waals surface area contributed by atoms with E-state index < -0.39 is 12.1 Å². The highest BCUT2D eigenvalue weighted by Gasteiger charge is 2.18. The Labute approximate surface area is 510 Å². The van der Waals surface area contributed by atoms with Crippen molar-refractivity contribution in [2.75, 3.05) is 6.61 Å². The molecule has 1 amide bonds. The minimum atomic E-state index is -0.871. The fourth-order valence-electron chi connectivity index (χ4n) is 12.2. The van der Waals surface area contributed by atoms with Gasteiger partial charge in [-0.15, -0.1) is 0 Å². The smallest absolute Gasteiger partial charge is 0.220 e. The molecule has 0 radical (unpaired) electrons. The second kappa shape index (κ2) is 72.9. The van der Waals surface area contributed by atoms with E-state index in [2.05, 4.69) is 43.5 Å². The van der Waals surface area contributed by atoms with E-state index in [9.17, 15) is 15.0 Å². The first-order chi connectivity index (χ1) is 40.2. The molecule has 0 aromatic carbocycles. The van der Waals surface area contributed by atoms with E-state index in [0.29, 0.717) is 6.42 Å². The van der Waals surface area contributed by atoms with Gasteiger partial charge in [-0.3, -0.25) is 4.79 Å². The molecule has 4 nitrogen and oxygen atoms in total. The van der Waals surface area contributed by atoms with E-state index in [-0.39, 0.29) is 12.5 Å². The normalized spacial score (nSPS) is 12.8. The molecule has 0 spiro atoms. The van der Waals surface area contributed by atoms with E-state index in [4.69, 9.17) is 0 Å². The molecule has 4 heteroatoms. The number of unbranched alkanes of at least 4 members (excludes halogenated alkanes) is 60. The van der Waals surface area contributed by atoms with Gasteiger partial charge in [0.05, 0.1) is 18.8 Å². The van der Waals surface area contributed by atoms with Gasteiger partial charge < -0.3 is 15.5 Å². The van der Waals surface area contributed by atoms with Crippen molar-refractivity contribution >= 4 is 5.91 Å². The van der Waals surface area contributed by atoms with E-state index >= 15 is 0 Å². The van der Waals surface area contributed by atoms with Crippen LogP contribution in [0, 0.1) is 0 Å². The molecule has 0 aromatic rings. The van der Waals surface area contributed by atoms with E-state index in [0.717, 1.165) is 38.5 Å². The lowest BCUT2D eigenvalue weighted by Gasteiger charge is -2.19. The van der Waals surface area contributed by atoms with Crippen molar-refractivity contribution in [3.8, 4) is 0 Å². The molecule has 81 heavy (non-hydrogen) atoms. The summed E-state index contributed by atoms with van der Waals surface area (Å²) in [7, 11) is 0. The zero-order chi connectivity index (χ0) is 58.4. The molecule has 0 aliphatic carbocycles. The predicted molar refractivity (Wildman–Crippen MR) is 364 cm³/mol. The third-order valence-electron chi connectivity index (χ3n) is 17.9. The number of aliphatic hydroxyl groups excluding tert-OH is 2. The zero-order valence-electron chi connectivity index (χ0n) is 55.6. The molecule has 0 rings (SSSR count). The number of aliphatic hydroxyl groups is 2. The molecule has 0 fully saturated rings. The number of rotatable bonds is 71. The highest BCUT2D eigenvalue weighted by molar-refractivity contribution is 5.76. The van der Waals surface area contributed by atoms with Gasteiger partial charge in [0.15, 0.2) is 0 Å². The van der Waals surface area contributed by atoms with Crippen LogP contribution in [0.4, 0.5) is 0 Å². The minimum Gasteiger partial charge on any atom is -0.394 e. The van der Waals surface area contributed by atoms with Gasteiger partial charge in [-0.25, -0.2) is 0 Å². The molecular weight excluding hydrogens is 987 g/mol. The van der Waals surface area contributed by atoms with Gasteiger partial charge in [0.1, 0.15) is 0 Å². The SMILES string of the molecule is CCCCCCCCCCCCCCCCCCCCCCC/C=C/CC/C=C/CC/C=C/C(O)C(CO)NC(=O)CCCCCCCCCCCCCCCCCCCCCCCCCCCCCCCCCCCCCCCC. The predicted octanol–water partition coefficient (Wildman–Crippen LogP) is 25.9. The van der Waals surface area contributed by atoms with Crippen LogP contribution in [0.15, 0.2) is 36.5 Å².